The maximum atomic E-state index is 13.5. The largest absolute Gasteiger partial charge is 0.274 e. The van der Waals surface area contributed by atoms with Crippen LogP contribution in [0.25, 0.3) is 38.6 Å². The van der Waals surface area contributed by atoms with Crippen LogP contribution in [0.4, 0.5) is 0 Å². The van der Waals surface area contributed by atoms with Crippen LogP contribution in [0.2, 0.25) is 0 Å². The summed E-state index contributed by atoms with van der Waals surface area (Å²) < 4.78 is 1.78. The lowest BCUT2D eigenvalue weighted by atomic mass is 10.1. The molecule has 0 aliphatic carbocycles. The Morgan fingerprint density at radius 3 is 2.33 bits per heavy atom. The lowest BCUT2D eigenvalue weighted by Gasteiger charge is -2.16. The standard InChI is InChI=1S/C24H16N2O/c27-24-20-13-5-4-10-19(20)16-22(17-8-2-1-3-9-17)26(24)21-14-6-11-18-12-7-15-25-23(18)21/h1-16H. The van der Waals surface area contributed by atoms with Crippen molar-refractivity contribution in [3.63, 3.8) is 0 Å². The molecule has 0 N–H and O–H groups in total. The number of pyridine rings is 2. The van der Waals surface area contributed by atoms with E-state index in [0.717, 1.165) is 33.2 Å². The first-order valence-electron chi connectivity index (χ1n) is 8.87. The van der Waals surface area contributed by atoms with Crippen molar-refractivity contribution in [2.45, 2.75) is 0 Å². The fourth-order valence-corrected chi connectivity index (χ4v) is 3.59. The number of nitrogens with zero attached hydrogens (tertiary/aromatic N) is 2. The molecule has 3 nitrogen and oxygen atoms in total. The van der Waals surface area contributed by atoms with Gasteiger partial charge in [-0.2, -0.15) is 0 Å². The van der Waals surface area contributed by atoms with Gasteiger partial charge in [0.25, 0.3) is 5.56 Å². The summed E-state index contributed by atoms with van der Waals surface area (Å²) in [6.45, 7) is 0. The topological polar surface area (TPSA) is 34.9 Å². The lowest BCUT2D eigenvalue weighted by molar-refractivity contribution is 1.02. The van der Waals surface area contributed by atoms with Crippen LogP contribution in [0.3, 0.4) is 0 Å². The Balaban J connectivity index is 1.96. The predicted octanol–water partition coefficient (Wildman–Crippen LogP) is 5.21. The molecule has 0 fully saturated rings. The summed E-state index contributed by atoms with van der Waals surface area (Å²) in [5.41, 5.74) is 3.42. The van der Waals surface area contributed by atoms with Crippen LogP contribution in [0.5, 0.6) is 0 Å². The molecular weight excluding hydrogens is 332 g/mol. The van der Waals surface area contributed by atoms with Gasteiger partial charge in [0, 0.05) is 17.0 Å². The normalized spacial score (nSPS) is 11.1. The molecule has 27 heavy (non-hydrogen) atoms. The highest BCUT2D eigenvalue weighted by molar-refractivity contribution is 5.90. The molecule has 0 saturated carbocycles. The maximum absolute atomic E-state index is 13.5. The first-order chi connectivity index (χ1) is 13.3. The van der Waals surface area contributed by atoms with Gasteiger partial charge in [-0.3, -0.25) is 14.3 Å². The van der Waals surface area contributed by atoms with E-state index >= 15 is 0 Å². The maximum Gasteiger partial charge on any atom is 0.263 e. The summed E-state index contributed by atoms with van der Waals surface area (Å²) in [5, 5.41) is 2.64. The zero-order valence-corrected chi connectivity index (χ0v) is 14.5. The number of para-hydroxylation sites is 1. The minimum Gasteiger partial charge on any atom is -0.274 e. The lowest BCUT2D eigenvalue weighted by Crippen LogP contribution is -2.20. The van der Waals surface area contributed by atoms with Gasteiger partial charge in [0.15, 0.2) is 0 Å². The van der Waals surface area contributed by atoms with Gasteiger partial charge in [0.2, 0.25) is 0 Å². The molecule has 2 heterocycles. The molecule has 0 saturated heterocycles. The van der Waals surface area contributed by atoms with Crippen molar-refractivity contribution in [3.8, 4) is 16.9 Å². The average molecular weight is 348 g/mol. The highest BCUT2D eigenvalue weighted by atomic mass is 16.1. The molecule has 0 unspecified atom stereocenters. The van der Waals surface area contributed by atoms with Crippen molar-refractivity contribution >= 4 is 21.7 Å². The second kappa shape index (κ2) is 6.22. The summed E-state index contributed by atoms with van der Waals surface area (Å²) in [6.07, 6.45) is 1.76. The Bertz CT molecular complexity index is 1330. The second-order valence-electron chi connectivity index (χ2n) is 6.48. The van der Waals surface area contributed by atoms with Crippen molar-refractivity contribution in [3.05, 3.63) is 108 Å². The van der Waals surface area contributed by atoms with E-state index in [2.05, 4.69) is 11.1 Å². The molecule has 3 aromatic carbocycles. The van der Waals surface area contributed by atoms with Gasteiger partial charge in [-0.25, -0.2) is 0 Å². The zero-order valence-electron chi connectivity index (χ0n) is 14.5. The molecule has 0 amide bonds. The first kappa shape index (κ1) is 15.5. The SMILES string of the molecule is O=c1c2ccccc2cc(-c2ccccc2)n1-c1cccc2cccnc12. The molecule has 0 atom stereocenters. The van der Waals surface area contributed by atoms with Crippen LogP contribution in [0.1, 0.15) is 0 Å². The van der Waals surface area contributed by atoms with Gasteiger partial charge in [0.05, 0.1) is 16.9 Å². The van der Waals surface area contributed by atoms with E-state index in [-0.39, 0.29) is 5.56 Å². The summed E-state index contributed by atoms with van der Waals surface area (Å²) in [6, 6.07) is 29.7. The van der Waals surface area contributed by atoms with E-state index in [1.807, 2.05) is 84.9 Å². The molecule has 5 rings (SSSR count). The number of benzene rings is 3. The summed E-state index contributed by atoms with van der Waals surface area (Å²) in [7, 11) is 0. The van der Waals surface area contributed by atoms with Gasteiger partial charge in [-0.05, 0) is 35.2 Å². The minimum atomic E-state index is -0.0369. The third kappa shape index (κ3) is 2.52. The van der Waals surface area contributed by atoms with E-state index in [1.54, 1.807) is 10.8 Å². The van der Waals surface area contributed by atoms with Gasteiger partial charge in [-0.15, -0.1) is 0 Å². The van der Waals surface area contributed by atoms with Gasteiger partial charge in [0.1, 0.15) is 0 Å². The number of hydrogen-bond donors (Lipinski definition) is 0. The Kier molecular flexibility index (Phi) is 3.58. The van der Waals surface area contributed by atoms with E-state index in [9.17, 15) is 4.79 Å². The van der Waals surface area contributed by atoms with Crippen molar-refractivity contribution in [1.82, 2.24) is 9.55 Å². The Morgan fingerprint density at radius 1 is 0.704 bits per heavy atom. The zero-order chi connectivity index (χ0) is 18.2. The number of hydrogen-bond acceptors (Lipinski definition) is 2. The molecule has 0 radical (unpaired) electrons. The van der Waals surface area contributed by atoms with Crippen LogP contribution in [-0.4, -0.2) is 9.55 Å². The Morgan fingerprint density at radius 2 is 1.44 bits per heavy atom. The van der Waals surface area contributed by atoms with Gasteiger partial charge < -0.3 is 0 Å². The molecule has 0 aliphatic rings. The molecule has 0 spiro atoms. The highest BCUT2D eigenvalue weighted by Crippen LogP contribution is 2.27. The smallest absolute Gasteiger partial charge is 0.263 e. The van der Waals surface area contributed by atoms with E-state index in [0.29, 0.717) is 5.39 Å². The van der Waals surface area contributed by atoms with Crippen molar-refractivity contribution < 1.29 is 0 Å². The number of rotatable bonds is 2. The molecule has 3 heteroatoms. The summed E-state index contributed by atoms with van der Waals surface area (Å²) >= 11 is 0. The van der Waals surface area contributed by atoms with Gasteiger partial charge >= 0.3 is 0 Å². The Labute approximate surface area is 156 Å². The van der Waals surface area contributed by atoms with E-state index < -0.39 is 0 Å². The summed E-state index contributed by atoms with van der Waals surface area (Å²) in [4.78, 5) is 18.1. The molecule has 2 aromatic heterocycles. The average Bonchev–Trinajstić information content (AvgIpc) is 2.74. The van der Waals surface area contributed by atoms with Crippen LogP contribution in [0.15, 0.2) is 102 Å². The third-order valence-electron chi connectivity index (χ3n) is 4.85. The molecule has 0 aliphatic heterocycles. The van der Waals surface area contributed by atoms with Crippen molar-refractivity contribution in [2.24, 2.45) is 0 Å². The van der Waals surface area contributed by atoms with Crippen LogP contribution in [0, 0.1) is 0 Å². The number of aromatic nitrogens is 2. The predicted molar refractivity (Wildman–Crippen MR) is 110 cm³/mol. The highest BCUT2D eigenvalue weighted by Gasteiger charge is 2.15. The molecule has 0 bridgehead atoms. The second-order valence-corrected chi connectivity index (χ2v) is 6.48. The Hall–Kier alpha value is -3.72. The van der Waals surface area contributed by atoms with Gasteiger partial charge in [-0.1, -0.05) is 66.7 Å². The molecule has 5 aromatic rings. The molecule has 128 valence electrons. The van der Waals surface area contributed by atoms with Crippen molar-refractivity contribution in [1.29, 1.82) is 0 Å². The third-order valence-corrected chi connectivity index (χ3v) is 4.85. The minimum absolute atomic E-state index is 0.0369. The number of fused-ring (bicyclic) bond motifs is 2. The quantitative estimate of drug-likeness (QED) is 0.439. The van der Waals surface area contributed by atoms with E-state index in [1.165, 1.54) is 0 Å². The van der Waals surface area contributed by atoms with Crippen LogP contribution < -0.4 is 5.56 Å². The molecular formula is C24H16N2O. The van der Waals surface area contributed by atoms with Crippen molar-refractivity contribution in [2.75, 3.05) is 0 Å². The fraction of sp³-hybridized carbons (Fsp3) is 0. The van der Waals surface area contributed by atoms with E-state index in [4.69, 9.17) is 0 Å². The first-order valence-corrected chi connectivity index (χ1v) is 8.87. The van der Waals surface area contributed by atoms with Crippen LogP contribution >= 0.6 is 0 Å². The van der Waals surface area contributed by atoms with Crippen LogP contribution in [-0.2, 0) is 0 Å². The monoisotopic (exact) mass is 348 g/mol. The fourth-order valence-electron chi connectivity index (χ4n) is 3.59. The summed E-state index contributed by atoms with van der Waals surface area (Å²) in [5.74, 6) is 0.